The summed E-state index contributed by atoms with van der Waals surface area (Å²) in [6.45, 7) is 4.98. The standard InChI is InChI=1S/C12H16N4/c1-9-5-3-4-6-11(9)10(2)13-7-12-14-8-15-16-12/h3-6,8,10,13H,7H2,1-2H3,(H,14,15,16). The topological polar surface area (TPSA) is 53.6 Å². The number of benzene rings is 1. The molecule has 0 aliphatic heterocycles. The third kappa shape index (κ3) is 2.46. The van der Waals surface area contributed by atoms with Crippen molar-refractivity contribution in [1.82, 2.24) is 20.5 Å². The first-order valence-electron chi connectivity index (χ1n) is 5.40. The van der Waals surface area contributed by atoms with Crippen molar-refractivity contribution in [2.45, 2.75) is 26.4 Å². The Morgan fingerprint density at radius 3 is 2.88 bits per heavy atom. The van der Waals surface area contributed by atoms with Gasteiger partial charge in [-0.3, -0.25) is 5.10 Å². The highest BCUT2D eigenvalue weighted by molar-refractivity contribution is 5.28. The fraction of sp³-hybridized carbons (Fsp3) is 0.333. The summed E-state index contributed by atoms with van der Waals surface area (Å²) < 4.78 is 0. The SMILES string of the molecule is Cc1ccccc1C(C)NCc1ncn[nH]1. The van der Waals surface area contributed by atoms with Crippen LogP contribution in [-0.4, -0.2) is 15.2 Å². The second kappa shape index (κ2) is 4.90. The maximum atomic E-state index is 4.08. The van der Waals surface area contributed by atoms with E-state index in [0.717, 1.165) is 5.82 Å². The van der Waals surface area contributed by atoms with Gasteiger partial charge in [-0.1, -0.05) is 24.3 Å². The van der Waals surface area contributed by atoms with Gasteiger partial charge < -0.3 is 5.32 Å². The lowest BCUT2D eigenvalue weighted by atomic mass is 10.0. The number of aryl methyl sites for hydroxylation is 1. The zero-order valence-electron chi connectivity index (χ0n) is 9.57. The van der Waals surface area contributed by atoms with Gasteiger partial charge in [-0.25, -0.2) is 4.98 Å². The van der Waals surface area contributed by atoms with Gasteiger partial charge in [-0.05, 0) is 25.0 Å². The first-order valence-corrected chi connectivity index (χ1v) is 5.40. The molecule has 0 radical (unpaired) electrons. The van der Waals surface area contributed by atoms with E-state index in [1.54, 1.807) is 0 Å². The molecule has 1 aromatic carbocycles. The van der Waals surface area contributed by atoms with E-state index < -0.39 is 0 Å². The Morgan fingerprint density at radius 1 is 1.38 bits per heavy atom. The number of aromatic nitrogens is 3. The molecule has 1 aromatic heterocycles. The number of nitrogens with one attached hydrogen (secondary N) is 2. The molecule has 0 bridgehead atoms. The average Bonchev–Trinajstić information content (AvgIpc) is 2.79. The summed E-state index contributed by atoms with van der Waals surface area (Å²) in [4.78, 5) is 4.08. The van der Waals surface area contributed by atoms with Crippen LogP contribution in [0.25, 0.3) is 0 Å². The number of rotatable bonds is 4. The number of nitrogens with zero attached hydrogens (tertiary/aromatic N) is 2. The maximum absolute atomic E-state index is 4.08. The highest BCUT2D eigenvalue weighted by Gasteiger charge is 2.07. The van der Waals surface area contributed by atoms with E-state index in [1.807, 2.05) is 0 Å². The molecule has 2 N–H and O–H groups in total. The monoisotopic (exact) mass is 216 g/mol. The largest absolute Gasteiger partial charge is 0.303 e. The molecule has 0 aliphatic carbocycles. The molecule has 0 spiro atoms. The normalized spacial score (nSPS) is 12.6. The van der Waals surface area contributed by atoms with Crippen LogP contribution in [0.5, 0.6) is 0 Å². The van der Waals surface area contributed by atoms with Gasteiger partial charge in [0.2, 0.25) is 0 Å². The average molecular weight is 216 g/mol. The Labute approximate surface area is 95.1 Å². The van der Waals surface area contributed by atoms with Crippen LogP contribution in [0.3, 0.4) is 0 Å². The van der Waals surface area contributed by atoms with Crippen LogP contribution in [-0.2, 0) is 6.54 Å². The first-order chi connectivity index (χ1) is 7.77. The molecular weight excluding hydrogens is 200 g/mol. The summed E-state index contributed by atoms with van der Waals surface area (Å²) in [5.74, 6) is 0.862. The molecule has 1 atom stereocenters. The van der Waals surface area contributed by atoms with Crippen molar-refractivity contribution in [2.24, 2.45) is 0 Å². The van der Waals surface area contributed by atoms with E-state index in [-0.39, 0.29) is 0 Å². The van der Waals surface area contributed by atoms with Crippen molar-refractivity contribution in [2.75, 3.05) is 0 Å². The van der Waals surface area contributed by atoms with E-state index >= 15 is 0 Å². The lowest BCUT2D eigenvalue weighted by Gasteiger charge is -2.15. The number of H-pyrrole nitrogens is 1. The lowest BCUT2D eigenvalue weighted by molar-refractivity contribution is 0.558. The van der Waals surface area contributed by atoms with Crippen molar-refractivity contribution in [3.63, 3.8) is 0 Å². The van der Waals surface area contributed by atoms with Gasteiger partial charge in [-0.2, -0.15) is 5.10 Å². The summed E-state index contributed by atoms with van der Waals surface area (Å²) in [6.07, 6.45) is 1.52. The molecule has 0 saturated heterocycles. The second-order valence-corrected chi connectivity index (χ2v) is 3.89. The van der Waals surface area contributed by atoms with Crippen molar-refractivity contribution >= 4 is 0 Å². The fourth-order valence-electron chi connectivity index (χ4n) is 1.75. The molecule has 2 aromatic rings. The number of hydrogen-bond donors (Lipinski definition) is 2. The van der Waals surface area contributed by atoms with E-state index in [4.69, 9.17) is 0 Å². The fourth-order valence-corrected chi connectivity index (χ4v) is 1.75. The van der Waals surface area contributed by atoms with E-state index in [2.05, 4.69) is 58.6 Å². The third-order valence-electron chi connectivity index (χ3n) is 2.70. The zero-order chi connectivity index (χ0) is 11.4. The van der Waals surface area contributed by atoms with Gasteiger partial charge in [-0.15, -0.1) is 0 Å². The molecule has 84 valence electrons. The van der Waals surface area contributed by atoms with Crippen LogP contribution in [0, 0.1) is 6.92 Å². The molecule has 0 aliphatic rings. The highest BCUT2D eigenvalue weighted by Crippen LogP contribution is 2.16. The predicted octanol–water partition coefficient (Wildman–Crippen LogP) is 1.96. The lowest BCUT2D eigenvalue weighted by Crippen LogP contribution is -2.19. The van der Waals surface area contributed by atoms with Crippen LogP contribution in [0.1, 0.15) is 29.9 Å². The minimum atomic E-state index is 0.311. The predicted molar refractivity (Wildman–Crippen MR) is 62.8 cm³/mol. The molecule has 16 heavy (non-hydrogen) atoms. The Hall–Kier alpha value is -1.68. The smallest absolute Gasteiger partial charge is 0.138 e. The van der Waals surface area contributed by atoms with Gasteiger partial charge in [0.15, 0.2) is 0 Å². The van der Waals surface area contributed by atoms with Crippen molar-refractivity contribution < 1.29 is 0 Å². The maximum Gasteiger partial charge on any atom is 0.138 e. The van der Waals surface area contributed by atoms with Crippen LogP contribution in [0.4, 0.5) is 0 Å². The van der Waals surface area contributed by atoms with Gasteiger partial charge in [0.1, 0.15) is 12.2 Å². The van der Waals surface area contributed by atoms with E-state index in [9.17, 15) is 0 Å². The summed E-state index contributed by atoms with van der Waals surface area (Å²) in [7, 11) is 0. The molecule has 4 heteroatoms. The van der Waals surface area contributed by atoms with E-state index in [0.29, 0.717) is 12.6 Å². The van der Waals surface area contributed by atoms with Crippen LogP contribution in [0.15, 0.2) is 30.6 Å². The zero-order valence-corrected chi connectivity index (χ0v) is 9.57. The van der Waals surface area contributed by atoms with Gasteiger partial charge in [0.05, 0.1) is 6.54 Å². The summed E-state index contributed by atoms with van der Waals surface area (Å²) >= 11 is 0. The molecule has 0 saturated carbocycles. The molecule has 0 amide bonds. The van der Waals surface area contributed by atoms with Crippen molar-refractivity contribution in [1.29, 1.82) is 0 Å². The molecule has 0 fully saturated rings. The third-order valence-corrected chi connectivity index (χ3v) is 2.70. The highest BCUT2D eigenvalue weighted by atomic mass is 15.2. The molecule has 2 rings (SSSR count). The van der Waals surface area contributed by atoms with Gasteiger partial charge in [0, 0.05) is 6.04 Å². The van der Waals surface area contributed by atoms with Crippen molar-refractivity contribution in [3.05, 3.63) is 47.5 Å². The summed E-state index contributed by atoms with van der Waals surface area (Å²) in [5, 5.41) is 10.1. The summed E-state index contributed by atoms with van der Waals surface area (Å²) in [5.41, 5.74) is 2.63. The van der Waals surface area contributed by atoms with Crippen LogP contribution >= 0.6 is 0 Å². The summed E-state index contributed by atoms with van der Waals surface area (Å²) in [6, 6.07) is 8.71. The molecular formula is C12H16N4. The minimum absolute atomic E-state index is 0.311. The van der Waals surface area contributed by atoms with Crippen LogP contribution in [0.2, 0.25) is 0 Å². The van der Waals surface area contributed by atoms with Gasteiger partial charge in [0.25, 0.3) is 0 Å². The molecule has 1 heterocycles. The first kappa shape index (κ1) is 10.8. The van der Waals surface area contributed by atoms with Crippen LogP contribution < -0.4 is 5.32 Å². The minimum Gasteiger partial charge on any atom is -0.303 e. The quantitative estimate of drug-likeness (QED) is 0.821. The van der Waals surface area contributed by atoms with Crippen molar-refractivity contribution in [3.8, 4) is 0 Å². The van der Waals surface area contributed by atoms with Gasteiger partial charge >= 0.3 is 0 Å². The Kier molecular flexibility index (Phi) is 3.31. The number of aromatic amines is 1. The number of hydrogen-bond acceptors (Lipinski definition) is 3. The molecule has 1 unspecified atom stereocenters. The molecule has 4 nitrogen and oxygen atoms in total. The second-order valence-electron chi connectivity index (χ2n) is 3.89. The Morgan fingerprint density at radius 2 is 2.19 bits per heavy atom. The Balaban J connectivity index is 1.98. The Bertz CT molecular complexity index is 436. The van der Waals surface area contributed by atoms with E-state index in [1.165, 1.54) is 17.5 Å².